The average molecular weight is 259 g/mol. The average Bonchev–Trinajstić information content (AvgIpc) is 3.20. The summed E-state index contributed by atoms with van der Waals surface area (Å²) in [7, 11) is 0. The van der Waals surface area contributed by atoms with E-state index in [0.29, 0.717) is 5.41 Å². The highest BCUT2D eigenvalue weighted by atomic mass is 15.0. The Kier molecular flexibility index (Phi) is 5.04. The summed E-state index contributed by atoms with van der Waals surface area (Å²) in [6.07, 6.45) is 7.67. The maximum absolute atomic E-state index is 3.66. The summed E-state index contributed by atoms with van der Waals surface area (Å²) in [4.78, 5) is 0. The Bertz CT molecular complexity index is 373. The lowest BCUT2D eigenvalue weighted by Gasteiger charge is -2.25. The number of rotatable bonds is 8. The van der Waals surface area contributed by atoms with E-state index in [0.717, 1.165) is 12.6 Å². The minimum absolute atomic E-state index is 0.407. The van der Waals surface area contributed by atoms with E-state index in [2.05, 4.69) is 50.4 Å². The quantitative estimate of drug-likeness (QED) is 0.732. The Balaban J connectivity index is 1.76. The van der Waals surface area contributed by atoms with Gasteiger partial charge in [-0.3, -0.25) is 0 Å². The van der Waals surface area contributed by atoms with Gasteiger partial charge in [0.1, 0.15) is 0 Å². The van der Waals surface area contributed by atoms with Gasteiger partial charge in [-0.15, -0.1) is 0 Å². The molecule has 0 atom stereocenters. The lowest BCUT2D eigenvalue weighted by Crippen LogP contribution is -2.31. The van der Waals surface area contributed by atoms with Crippen LogP contribution in [0.15, 0.2) is 24.3 Å². The number of hydrogen-bond donors (Lipinski definition) is 1. The van der Waals surface area contributed by atoms with Gasteiger partial charge in [0.25, 0.3) is 0 Å². The van der Waals surface area contributed by atoms with E-state index >= 15 is 0 Å². The fourth-order valence-electron chi connectivity index (χ4n) is 2.44. The van der Waals surface area contributed by atoms with Crippen molar-refractivity contribution in [1.29, 1.82) is 0 Å². The van der Waals surface area contributed by atoms with E-state index in [1.54, 1.807) is 0 Å². The summed E-state index contributed by atoms with van der Waals surface area (Å²) in [6, 6.07) is 10.1. The predicted octanol–water partition coefficient (Wildman–Crippen LogP) is 4.35. The third kappa shape index (κ3) is 5.36. The van der Waals surface area contributed by atoms with E-state index in [1.807, 2.05) is 0 Å². The maximum atomic E-state index is 3.66. The van der Waals surface area contributed by atoms with E-state index in [-0.39, 0.29) is 0 Å². The molecule has 0 spiro atoms. The molecular weight excluding hydrogens is 230 g/mol. The molecule has 0 saturated heterocycles. The number of benzene rings is 1. The molecule has 2 rings (SSSR count). The highest BCUT2D eigenvalue weighted by molar-refractivity contribution is 5.22. The number of aryl methyl sites for hydroxylation is 2. The van der Waals surface area contributed by atoms with Crippen molar-refractivity contribution in [2.45, 2.75) is 65.3 Å². The van der Waals surface area contributed by atoms with Gasteiger partial charge >= 0.3 is 0 Å². The van der Waals surface area contributed by atoms with Crippen LogP contribution in [-0.2, 0) is 12.8 Å². The highest BCUT2D eigenvalue weighted by Gasteiger charge is 2.24. The molecule has 1 fully saturated rings. The first-order valence-electron chi connectivity index (χ1n) is 7.90. The first kappa shape index (κ1) is 14.6. The van der Waals surface area contributed by atoms with Gasteiger partial charge < -0.3 is 5.32 Å². The molecule has 1 aliphatic carbocycles. The van der Waals surface area contributed by atoms with Crippen LogP contribution in [-0.4, -0.2) is 12.6 Å². The molecule has 0 unspecified atom stereocenters. The molecule has 1 aromatic carbocycles. The first-order chi connectivity index (χ1) is 9.09. The molecule has 1 nitrogen and oxygen atoms in total. The fraction of sp³-hybridized carbons (Fsp3) is 0.667. The molecule has 0 bridgehead atoms. The van der Waals surface area contributed by atoms with Crippen molar-refractivity contribution in [2.24, 2.45) is 5.41 Å². The fourth-order valence-corrected chi connectivity index (χ4v) is 2.44. The van der Waals surface area contributed by atoms with E-state index in [4.69, 9.17) is 0 Å². The van der Waals surface area contributed by atoms with Crippen LogP contribution in [0.5, 0.6) is 0 Å². The summed E-state index contributed by atoms with van der Waals surface area (Å²) in [5.74, 6) is 0. The zero-order chi connectivity index (χ0) is 13.7. The Morgan fingerprint density at radius 1 is 1.05 bits per heavy atom. The Morgan fingerprint density at radius 2 is 1.63 bits per heavy atom. The maximum Gasteiger partial charge on any atom is 0.00684 e. The Labute approximate surface area is 118 Å². The minimum Gasteiger partial charge on any atom is -0.313 e. The van der Waals surface area contributed by atoms with Crippen molar-refractivity contribution < 1.29 is 0 Å². The molecular formula is C18H29N. The van der Waals surface area contributed by atoms with Crippen molar-refractivity contribution in [2.75, 3.05) is 6.54 Å². The third-order valence-electron chi connectivity index (χ3n) is 4.10. The monoisotopic (exact) mass is 259 g/mol. The van der Waals surface area contributed by atoms with Crippen LogP contribution < -0.4 is 5.32 Å². The van der Waals surface area contributed by atoms with E-state index < -0.39 is 0 Å². The summed E-state index contributed by atoms with van der Waals surface area (Å²) in [5, 5.41) is 3.66. The largest absolute Gasteiger partial charge is 0.313 e. The molecule has 0 aromatic heterocycles. The second kappa shape index (κ2) is 6.56. The van der Waals surface area contributed by atoms with Gasteiger partial charge in [-0.1, -0.05) is 51.5 Å². The van der Waals surface area contributed by atoms with Gasteiger partial charge in [-0.05, 0) is 48.6 Å². The van der Waals surface area contributed by atoms with Crippen LogP contribution in [0.25, 0.3) is 0 Å². The first-order valence-corrected chi connectivity index (χ1v) is 7.90. The Morgan fingerprint density at radius 3 is 2.16 bits per heavy atom. The van der Waals surface area contributed by atoms with Crippen molar-refractivity contribution >= 4 is 0 Å². The van der Waals surface area contributed by atoms with Crippen molar-refractivity contribution in [3.05, 3.63) is 35.4 Å². The Hall–Kier alpha value is -0.820. The predicted molar refractivity (Wildman–Crippen MR) is 83.6 cm³/mol. The van der Waals surface area contributed by atoms with Crippen LogP contribution in [0.3, 0.4) is 0 Å². The van der Waals surface area contributed by atoms with Gasteiger partial charge in [-0.25, -0.2) is 0 Å². The summed E-state index contributed by atoms with van der Waals surface area (Å²) in [5.41, 5.74) is 3.37. The zero-order valence-corrected chi connectivity index (χ0v) is 12.8. The third-order valence-corrected chi connectivity index (χ3v) is 4.10. The SMILES string of the molecule is CCCc1ccc(CCC(C)(C)CNC2CC2)cc1. The summed E-state index contributed by atoms with van der Waals surface area (Å²) in [6.45, 7) is 8.16. The van der Waals surface area contributed by atoms with Crippen LogP contribution in [0, 0.1) is 5.41 Å². The normalized spacial score (nSPS) is 15.7. The molecule has 1 saturated carbocycles. The number of nitrogens with one attached hydrogen (secondary N) is 1. The molecule has 0 amide bonds. The molecule has 0 heterocycles. The molecule has 0 aliphatic heterocycles. The van der Waals surface area contributed by atoms with Gasteiger partial charge in [0.15, 0.2) is 0 Å². The molecule has 1 aliphatic rings. The molecule has 1 N–H and O–H groups in total. The second-order valence-electron chi connectivity index (χ2n) is 6.89. The molecule has 0 radical (unpaired) electrons. The topological polar surface area (TPSA) is 12.0 Å². The smallest absolute Gasteiger partial charge is 0.00684 e. The van der Waals surface area contributed by atoms with E-state index in [9.17, 15) is 0 Å². The zero-order valence-electron chi connectivity index (χ0n) is 12.8. The molecule has 1 heteroatoms. The van der Waals surface area contributed by atoms with Crippen LogP contribution in [0.4, 0.5) is 0 Å². The lowest BCUT2D eigenvalue weighted by atomic mass is 9.86. The summed E-state index contributed by atoms with van der Waals surface area (Å²) >= 11 is 0. The van der Waals surface area contributed by atoms with Crippen LogP contribution in [0.2, 0.25) is 0 Å². The lowest BCUT2D eigenvalue weighted by molar-refractivity contribution is 0.313. The molecule has 1 aromatic rings. The van der Waals surface area contributed by atoms with Gasteiger partial charge in [0.05, 0.1) is 0 Å². The van der Waals surface area contributed by atoms with Crippen molar-refractivity contribution in [1.82, 2.24) is 5.32 Å². The second-order valence-corrected chi connectivity index (χ2v) is 6.89. The van der Waals surface area contributed by atoms with Gasteiger partial charge in [0, 0.05) is 12.6 Å². The minimum atomic E-state index is 0.407. The van der Waals surface area contributed by atoms with Crippen LogP contribution >= 0.6 is 0 Å². The van der Waals surface area contributed by atoms with Gasteiger partial charge in [-0.2, -0.15) is 0 Å². The van der Waals surface area contributed by atoms with Crippen molar-refractivity contribution in [3.63, 3.8) is 0 Å². The van der Waals surface area contributed by atoms with E-state index in [1.165, 1.54) is 49.7 Å². The molecule has 106 valence electrons. The number of hydrogen-bond acceptors (Lipinski definition) is 1. The highest BCUT2D eigenvalue weighted by Crippen LogP contribution is 2.25. The van der Waals surface area contributed by atoms with Gasteiger partial charge in [0.2, 0.25) is 0 Å². The summed E-state index contributed by atoms with van der Waals surface area (Å²) < 4.78 is 0. The van der Waals surface area contributed by atoms with Crippen LogP contribution in [0.1, 0.15) is 57.6 Å². The van der Waals surface area contributed by atoms with Crippen molar-refractivity contribution in [3.8, 4) is 0 Å². The molecule has 19 heavy (non-hydrogen) atoms. The standard InChI is InChI=1S/C18H29N/c1-4-5-15-6-8-16(9-7-15)12-13-18(2,3)14-19-17-10-11-17/h6-9,17,19H,4-5,10-14H2,1-3H3.